The van der Waals surface area contributed by atoms with Gasteiger partial charge in [0.1, 0.15) is 0 Å². The van der Waals surface area contributed by atoms with Crippen LogP contribution >= 0.6 is 8.58 Å². The van der Waals surface area contributed by atoms with Crippen molar-refractivity contribution in [1.29, 1.82) is 0 Å². The van der Waals surface area contributed by atoms with Crippen LogP contribution in [0, 0.1) is 0 Å². The molecule has 4 aromatic carbocycles. The predicted octanol–water partition coefficient (Wildman–Crippen LogP) is 2.77. The predicted molar refractivity (Wildman–Crippen MR) is 112 cm³/mol. The van der Waals surface area contributed by atoms with Gasteiger partial charge in [-0.25, -0.2) is 0 Å². The third-order valence-corrected chi connectivity index (χ3v) is 5.70. The van der Waals surface area contributed by atoms with E-state index >= 15 is 0 Å². The van der Waals surface area contributed by atoms with Gasteiger partial charge in [-0.15, -0.1) is 0 Å². The molecule has 122 valence electrons. The zero-order valence-electron chi connectivity index (χ0n) is 15.9. The summed E-state index contributed by atoms with van der Waals surface area (Å²) in [4.78, 5) is 0. The van der Waals surface area contributed by atoms with E-state index in [4.69, 9.17) is 0 Å². The van der Waals surface area contributed by atoms with Gasteiger partial charge in [-0.1, -0.05) is 118 Å². The normalized spacial score (nSPS) is 10.2. The van der Waals surface area contributed by atoms with Gasteiger partial charge in [-0.2, -0.15) is 0 Å². The van der Waals surface area contributed by atoms with Gasteiger partial charge in [0.25, 0.3) is 0 Å². The Morgan fingerprint density at radius 2 is 0.769 bits per heavy atom. The van der Waals surface area contributed by atoms with Crippen molar-refractivity contribution in [3.05, 3.63) is 109 Å². The average Bonchev–Trinajstić information content (AvgIpc) is 2.70. The summed E-state index contributed by atoms with van der Waals surface area (Å²) < 4.78 is 0. The SMILES string of the molecule is [H-].[Li+].c1ccc(-c2ccccc2Pc2ccccc2-c2ccccc2)cc1. The number of rotatable bonds is 4. The fraction of sp³-hybridized carbons (Fsp3) is 0. The molecule has 0 aromatic heterocycles. The van der Waals surface area contributed by atoms with Crippen molar-refractivity contribution >= 4 is 19.2 Å². The van der Waals surface area contributed by atoms with Crippen LogP contribution in [-0.2, 0) is 0 Å². The smallest absolute Gasteiger partial charge is 1.00 e. The quantitative estimate of drug-likeness (QED) is 0.394. The molecule has 0 nitrogen and oxygen atoms in total. The van der Waals surface area contributed by atoms with E-state index < -0.39 is 0 Å². The van der Waals surface area contributed by atoms with E-state index in [1.54, 1.807) is 0 Å². The maximum Gasteiger partial charge on any atom is 1.00 e. The topological polar surface area (TPSA) is 0 Å². The molecule has 0 spiro atoms. The Balaban J connectivity index is 0.00000131. The third-order valence-electron chi connectivity index (χ3n) is 4.29. The Kier molecular flexibility index (Phi) is 6.49. The summed E-state index contributed by atoms with van der Waals surface area (Å²) in [7, 11) is 0.625. The summed E-state index contributed by atoms with van der Waals surface area (Å²) in [5, 5.41) is 2.77. The van der Waals surface area contributed by atoms with Crippen LogP contribution in [0.2, 0.25) is 0 Å². The van der Waals surface area contributed by atoms with Crippen molar-refractivity contribution in [3.8, 4) is 22.3 Å². The molecule has 0 aliphatic heterocycles. The van der Waals surface area contributed by atoms with Crippen LogP contribution in [0.4, 0.5) is 0 Å². The zero-order valence-corrected chi connectivity index (χ0v) is 15.9. The Bertz CT molecular complexity index is 891. The maximum atomic E-state index is 2.25. The molecular formula is C24H20LiP. The molecule has 0 bridgehead atoms. The minimum atomic E-state index is 0. The summed E-state index contributed by atoms with van der Waals surface area (Å²) in [6.45, 7) is 0. The summed E-state index contributed by atoms with van der Waals surface area (Å²) in [6, 6.07) is 38.8. The van der Waals surface area contributed by atoms with Gasteiger partial charge in [0.05, 0.1) is 0 Å². The Labute approximate surface area is 170 Å². The average molecular weight is 346 g/mol. The molecule has 0 heterocycles. The summed E-state index contributed by atoms with van der Waals surface area (Å²) >= 11 is 0. The van der Waals surface area contributed by atoms with Crippen LogP contribution in [0.1, 0.15) is 1.43 Å². The summed E-state index contributed by atoms with van der Waals surface area (Å²) in [6.07, 6.45) is 0. The minimum Gasteiger partial charge on any atom is -1.00 e. The molecule has 0 unspecified atom stereocenters. The minimum absolute atomic E-state index is 0. The van der Waals surface area contributed by atoms with Gasteiger partial charge < -0.3 is 1.43 Å². The first-order valence-corrected chi connectivity index (χ1v) is 9.48. The van der Waals surface area contributed by atoms with E-state index in [1.807, 2.05) is 0 Å². The van der Waals surface area contributed by atoms with E-state index in [-0.39, 0.29) is 20.3 Å². The second kappa shape index (κ2) is 9.02. The van der Waals surface area contributed by atoms with Gasteiger partial charge in [0, 0.05) is 0 Å². The van der Waals surface area contributed by atoms with E-state index in [1.165, 1.54) is 32.9 Å². The van der Waals surface area contributed by atoms with Gasteiger partial charge in [0.15, 0.2) is 0 Å². The monoisotopic (exact) mass is 346 g/mol. The van der Waals surface area contributed by atoms with Gasteiger partial charge in [-0.05, 0) is 32.9 Å². The molecule has 26 heavy (non-hydrogen) atoms. The summed E-state index contributed by atoms with van der Waals surface area (Å²) in [5.74, 6) is 0. The van der Waals surface area contributed by atoms with Crippen molar-refractivity contribution in [2.75, 3.05) is 0 Å². The molecule has 0 aliphatic carbocycles. The maximum absolute atomic E-state index is 2.25. The van der Waals surface area contributed by atoms with Crippen LogP contribution in [0.25, 0.3) is 22.3 Å². The molecule has 0 fully saturated rings. The molecule has 4 aromatic rings. The van der Waals surface area contributed by atoms with E-state index in [0.29, 0.717) is 8.58 Å². The molecular weight excluding hydrogens is 326 g/mol. The molecule has 0 aliphatic rings. The Morgan fingerprint density at radius 1 is 0.423 bits per heavy atom. The largest absolute Gasteiger partial charge is 1.00 e. The number of hydrogen-bond donors (Lipinski definition) is 0. The third kappa shape index (κ3) is 4.17. The molecule has 0 atom stereocenters. The molecule has 2 heteroatoms. The van der Waals surface area contributed by atoms with Crippen LogP contribution in [-0.4, -0.2) is 0 Å². The summed E-state index contributed by atoms with van der Waals surface area (Å²) in [5.41, 5.74) is 5.21. The van der Waals surface area contributed by atoms with Gasteiger partial charge in [0.2, 0.25) is 0 Å². The van der Waals surface area contributed by atoms with Crippen molar-refractivity contribution < 1.29 is 20.3 Å². The van der Waals surface area contributed by atoms with Crippen molar-refractivity contribution in [1.82, 2.24) is 0 Å². The van der Waals surface area contributed by atoms with E-state index in [2.05, 4.69) is 109 Å². The molecule has 0 radical (unpaired) electrons. The second-order valence-electron chi connectivity index (χ2n) is 5.95. The van der Waals surface area contributed by atoms with Crippen LogP contribution in [0.15, 0.2) is 109 Å². The fourth-order valence-electron chi connectivity index (χ4n) is 3.07. The van der Waals surface area contributed by atoms with Gasteiger partial charge in [-0.3, -0.25) is 0 Å². The Morgan fingerprint density at radius 3 is 1.19 bits per heavy atom. The first kappa shape index (κ1) is 18.7. The van der Waals surface area contributed by atoms with Crippen LogP contribution in [0.3, 0.4) is 0 Å². The number of benzene rings is 4. The first-order valence-electron chi connectivity index (χ1n) is 8.48. The molecule has 0 amide bonds. The van der Waals surface area contributed by atoms with Gasteiger partial charge >= 0.3 is 18.9 Å². The van der Waals surface area contributed by atoms with Crippen LogP contribution in [0.5, 0.6) is 0 Å². The van der Waals surface area contributed by atoms with Crippen molar-refractivity contribution in [2.24, 2.45) is 0 Å². The van der Waals surface area contributed by atoms with Crippen molar-refractivity contribution in [2.45, 2.75) is 0 Å². The van der Waals surface area contributed by atoms with Crippen molar-refractivity contribution in [3.63, 3.8) is 0 Å². The first-order chi connectivity index (χ1) is 12.4. The Hall–Kier alpha value is -2.09. The van der Waals surface area contributed by atoms with E-state index in [0.717, 1.165) is 0 Å². The number of hydrogen-bond acceptors (Lipinski definition) is 0. The molecule has 0 saturated carbocycles. The molecule has 4 rings (SSSR count). The molecule has 0 N–H and O–H groups in total. The second-order valence-corrected chi connectivity index (χ2v) is 7.28. The molecule has 0 saturated heterocycles. The van der Waals surface area contributed by atoms with E-state index in [9.17, 15) is 0 Å². The zero-order chi connectivity index (χ0) is 16.9. The standard InChI is InChI=1S/C24H19P.Li.H/c1-3-11-19(12-4-1)21-15-7-9-17-23(21)25-24-18-10-8-16-22(24)20-13-5-2-6-14-20;;/h1-18,25H;;/q;+1;-1. The fourth-order valence-corrected chi connectivity index (χ4v) is 4.44. The van der Waals surface area contributed by atoms with Crippen LogP contribution < -0.4 is 29.5 Å².